The summed E-state index contributed by atoms with van der Waals surface area (Å²) < 4.78 is 30.7. The van der Waals surface area contributed by atoms with Crippen LogP contribution in [0.1, 0.15) is 11.4 Å². The minimum atomic E-state index is -1.39. The summed E-state index contributed by atoms with van der Waals surface area (Å²) in [6.07, 6.45) is 0. The first-order chi connectivity index (χ1) is 9.49. The molecule has 1 unspecified atom stereocenters. The minimum Gasteiger partial charge on any atom is -0.497 e. The Morgan fingerprint density at radius 1 is 1.35 bits per heavy atom. The fraction of sp³-hybridized carbons (Fsp3) is 0.214. The SMILES string of the molecule is COc1cc(C)nc(CS(=O)c2ccc(N)c(F)c2)c1. The molecule has 0 saturated carbocycles. The van der Waals surface area contributed by atoms with Crippen molar-refractivity contribution in [3.8, 4) is 5.75 Å². The van der Waals surface area contributed by atoms with Gasteiger partial charge in [0, 0.05) is 22.7 Å². The lowest BCUT2D eigenvalue weighted by Crippen LogP contribution is -2.02. The molecule has 1 atom stereocenters. The molecule has 1 aromatic heterocycles. The van der Waals surface area contributed by atoms with E-state index in [1.165, 1.54) is 12.1 Å². The van der Waals surface area contributed by atoms with E-state index in [9.17, 15) is 8.60 Å². The van der Waals surface area contributed by atoms with E-state index < -0.39 is 16.6 Å². The number of methoxy groups -OCH3 is 1. The summed E-state index contributed by atoms with van der Waals surface area (Å²) >= 11 is 0. The van der Waals surface area contributed by atoms with Crippen LogP contribution in [-0.2, 0) is 16.6 Å². The van der Waals surface area contributed by atoms with Gasteiger partial charge in [0.2, 0.25) is 0 Å². The second kappa shape index (κ2) is 6.00. The van der Waals surface area contributed by atoms with Crippen molar-refractivity contribution in [2.75, 3.05) is 12.8 Å². The normalized spacial score (nSPS) is 12.2. The zero-order chi connectivity index (χ0) is 14.7. The van der Waals surface area contributed by atoms with Crippen LogP contribution in [0.3, 0.4) is 0 Å². The smallest absolute Gasteiger partial charge is 0.147 e. The lowest BCUT2D eigenvalue weighted by Gasteiger charge is -2.07. The summed E-state index contributed by atoms with van der Waals surface area (Å²) in [5.74, 6) is 0.292. The molecule has 0 aliphatic heterocycles. The molecule has 6 heteroatoms. The number of pyridine rings is 1. The van der Waals surface area contributed by atoms with E-state index in [0.29, 0.717) is 16.3 Å². The van der Waals surface area contributed by atoms with Crippen LogP contribution in [0, 0.1) is 12.7 Å². The lowest BCUT2D eigenvalue weighted by molar-refractivity contribution is 0.413. The first-order valence-electron chi connectivity index (χ1n) is 5.94. The zero-order valence-corrected chi connectivity index (χ0v) is 12.0. The highest BCUT2D eigenvalue weighted by atomic mass is 32.2. The molecular formula is C14H15FN2O2S. The molecule has 0 aliphatic rings. The van der Waals surface area contributed by atoms with E-state index in [1.54, 1.807) is 25.3 Å². The minimum absolute atomic E-state index is 0.0427. The van der Waals surface area contributed by atoms with Gasteiger partial charge in [-0.15, -0.1) is 0 Å². The van der Waals surface area contributed by atoms with Gasteiger partial charge in [0.25, 0.3) is 0 Å². The average Bonchev–Trinajstić information content (AvgIpc) is 2.41. The third kappa shape index (κ3) is 3.33. The van der Waals surface area contributed by atoms with Crippen LogP contribution in [-0.4, -0.2) is 16.3 Å². The number of benzene rings is 1. The Balaban J connectivity index is 2.23. The standard InChI is InChI=1S/C14H15FN2O2S/c1-9-5-11(19-2)6-10(17-9)8-20(18)12-3-4-14(16)13(15)7-12/h3-7H,8,16H2,1-2H3. The van der Waals surface area contributed by atoms with Crippen molar-refractivity contribution < 1.29 is 13.3 Å². The van der Waals surface area contributed by atoms with Crippen molar-refractivity contribution in [2.24, 2.45) is 0 Å². The third-order valence-electron chi connectivity index (χ3n) is 2.73. The largest absolute Gasteiger partial charge is 0.497 e. The van der Waals surface area contributed by atoms with Crippen molar-refractivity contribution >= 4 is 16.5 Å². The van der Waals surface area contributed by atoms with Gasteiger partial charge in [0.1, 0.15) is 11.6 Å². The van der Waals surface area contributed by atoms with E-state index in [2.05, 4.69) is 4.98 Å². The lowest BCUT2D eigenvalue weighted by atomic mass is 10.3. The number of anilines is 1. The van der Waals surface area contributed by atoms with Gasteiger partial charge >= 0.3 is 0 Å². The highest BCUT2D eigenvalue weighted by Gasteiger charge is 2.10. The molecule has 0 bridgehead atoms. The van der Waals surface area contributed by atoms with E-state index in [4.69, 9.17) is 10.5 Å². The maximum Gasteiger partial charge on any atom is 0.147 e. The molecule has 0 saturated heterocycles. The van der Waals surface area contributed by atoms with Crippen molar-refractivity contribution in [2.45, 2.75) is 17.6 Å². The van der Waals surface area contributed by atoms with Crippen molar-refractivity contribution in [3.63, 3.8) is 0 Å². The van der Waals surface area contributed by atoms with E-state index in [0.717, 1.165) is 5.69 Å². The Morgan fingerprint density at radius 3 is 2.75 bits per heavy atom. The molecule has 2 aromatic rings. The summed E-state index contributed by atoms with van der Waals surface area (Å²) in [5, 5.41) is 0. The average molecular weight is 294 g/mol. The summed E-state index contributed by atoms with van der Waals surface area (Å²) in [7, 11) is 0.175. The van der Waals surface area contributed by atoms with Crippen LogP contribution in [0.15, 0.2) is 35.2 Å². The summed E-state index contributed by atoms with van der Waals surface area (Å²) in [4.78, 5) is 4.68. The van der Waals surface area contributed by atoms with Crippen LogP contribution < -0.4 is 10.5 Å². The van der Waals surface area contributed by atoms with Gasteiger partial charge in [-0.1, -0.05) is 0 Å². The Hall–Kier alpha value is -1.95. The summed E-state index contributed by atoms with van der Waals surface area (Å²) in [5.41, 5.74) is 6.85. The van der Waals surface area contributed by atoms with Crippen molar-refractivity contribution in [1.82, 2.24) is 4.98 Å². The molecule has 1 aromatic carbocycles. The predicted molar refractivity (Wildman–Crippen MR) is 76.5 cm³/mol. The van der Waals surface area contributed by atoms with Gasteiger partial charge in [-0.3, -0.25) is 9.19 Å². The van der Waals surface area contributed by atoms with Crippen LogP contribution in [0.25, 0.3) is 0 Å². The first-order valence-corrected chi connectivity index (χ1v) is 7.26. The molecule has 0 spiro atoms. The van der Waals surface area contributed by atoms with Crippen LogP contribution in [0.5, 0.6) is 5.75 Å². The number of hydrogen-bond acceptors (Lipinski definition) is 4. The summed E-state index contributed by atoms with van der Waals surface area (Å²) in [6, 6.07) is 7.67. The molecule has 20 heavy (non-hydrogen) atoms. The molecule has 1 heterocycles. The number of aryl methyl sites for hydroxylation is 1. The number of ether oxygens (including phenoxy) is 1. The number of aromatic nitrogens is 1. The molecule has 0 radical (unpaired) electrons. The first kappa shape index (κ1) is 14.5. The molecule has 106 valence electrons. The summed E-state index contributed by atoms with van der Waals surface area (Å²) in [6.45, 7) is 1.83. The Bertz CT molecular complexity index is 662. The second-order valence-corrected chi connectivity index (χ2v) is 5.76. The fourth-order valence-corrected chi connectivity index (χ4v) is 2.80. The highest BCUT2D eigenvalue weighted by Crippen LogP contribution is 2.19. The number of nitrogen functional groups attached to an aromatic ring is 1. The van der Waals surface area contributed by atoms with Gasteiger partial charge < -0.3 is 10.5 Å². The van der Waals surface area contributed by atoms with Gasteiger partial charge in [-0.2, -0.15) is 0 Å². The van der Waals surface area contributed by atoms with Gasteiger partial charge in [-0.25, -0.2) is 4.39 Å². The Labute approximate surface area is 119 Å². The third-order valence-corrected chi connectivity index (χ3v) is 4.07. The molecule has 2 rings (SSSR count). The number of rotatable bonds is 4. The fourth-order valence-electron chi connectivity index (χ4n) is 1.76. The number of hydrogen-bond donors (Lipinski definition) is 1. The maximum absolute atomic E-state index is 13.4. The van der Waals surface area contributed by atoms with E-state index in [1.807, 2.05) is 6.92 Å². The van der Waals surface area contributed by atoms with E-state index >= 15 is 0 Å². The Kier molecular flexibility index (Phi) is 4.34. The highest BCUT2D eigenvalue weighted by molar-refractivity contribution is 7.84. The topological polar surface area (TPSA) is 65.2 Å². The monoisotopic (exact) mass is 294 g/mol. The molecule has 2 N–H and O–H groups in total. The van der Waals surface area contributed by atoms with Crippen LogP contribution >= 0.6 is 0 Å². The van der Waals surface area contributed by atoms with Crippen LogP contribution in [0.4, 0.5) is 10.1 Å². The quantitative estimate of drug-likeness (QED) is 0.880. The zero-order valence-electron chi connectivity index (χ0n) is 11.2. The van der Waals surface area contributed by atoms with Gasteiger partial charge in [-0.05, 0) is 25.1 Å². The van der Waals surface area contributed by atoms with Crippen molar-refractivity contribution in [3.05, 3.63) is 47.5 Å². The Morgan fingerprint density at radius 2 is 2.10 bits per heavy atom. The maximum atomic E-state index is 13.4. The predicted octanol–water partition coefficient (Wildman–Crippen LogP) is 2.43. The second-order valence-electron chi connectivity index (χ2n) is 4.31. The van der Waals surface area contributed by atoms with Gasteiger partial charge in [0.15, 0.2) is 0 Å². The molecule has 4 nitrogen and oxygen atoms in total. The molecule has 0 fully saturated rings. The number of nitrogens with zero attached hydrogens (tertiary/aromatic N) is 1. The number of halogens is 1. The molecule has 0 aliphatic carbocycles. The molecule has 0 amide bonds. The van der Waals surface area contributed by atoms with Crippen molar-refractivity contribution in [1.29, 1.82) is 0 Å². The number of nitrogens with two attached hydrogens (primary N) is 1. The molecular weight excluding hydrogens is 279 g/mol. The van der Waals surface area contributed by atoms with E-state index in [-0.39, 0.29) is 11.4 Å². The van der Waals surface area contributed by atoms with Gasteiger partial charge in [0.05, 0.1) is 35.0 Å². The van der Waals surface area contributed by atoms with Crippen LogP contribution in [0.2, 0.25) is 0 Å².